The molecule has 0 fully saturated rings. The van der Waals surface area contributed by atoms with E-state index in [-0.39, 0.29) is 0 Å². The summed E-state index contributed by atoms with van der Waals surface area (Å²) in [7, 11) is 0. The summed E-state index contributed by atoms with van der Waals surface area (Å²) in [6.45, 7) is 0. The minimum Gasteiger partial charge on any atom is -0.115 e. The van der Waals surface area contributed by atoms with Crippen LogP contribution in [-0.4, -0.2) is 4.62 Å². The Labute approximate surface area is 53.1 Å². The van der Waals surface area contributed by atoms with Gasteiger partial charge >= 0.3 is 4.62 Å². The Kier molecular flexibility index (Phi) is 2.66. The van der Waals surface area contributed by atoms with Gasteiger partial charge in [-0.05, 0) is 0 Å². The van der Waals surface area contributed by atoms with E-state index in [0.29, 0.717) is 0 Å². The lowest BCUT2D eigenvalue weighted by molar-refractivity contribution is 3.97. The monoisotopic (exact) mass is 212 g/mol. The van der Waals surface area contributed by atoms with Crippen LogP contribution in [0.3, 0.4) is 0 Å². The van der Waals surface area contributed by atoms with Crippen molar-refractivity contribution in [1.82, 2.24) is 0 Å². The molecule has 0 aliphatic rings. The molecular weight excluding hydrogens is 214 g/mol. The SMILES string of the molecule is Cl[Si](Cl)(Cl)Br. The van der Waals surface area contributed by atoms with Gasteiger partial charge in [-0.2, -0.15) is 0 Å². The van der Waals surface area contributed by atoms with Crippen LogP contribution in [0.4, 0.5) is 0 Å². The summed E-state index contributed by atoms with van der Waals surface area (Å²) in [5.41, 5.74) is 0. The number of rotatable bonds is 0. The molecule has 0 N–H and O–H groups in total. The van der Waals surface area contributed by atoms with Gasteiger partial charge in [0.1, 0.15) is 0 Å². The maximum atomic E-state index is 5.12. The molecule has 0 unspecified atom stereocenters. The second kappa shape index (κ2) is 2.03. The fourth-order valence-electron chi connectivity index (χ4n) is 0. The highest BCUT2D eigenvalue weighted by Gasteiger charge is 2.17. The summed E-state index contributed by atoms with van der Waals surface area (Å²) >= 11 is 18.2. The summed E-state index contributed by atoms with van der Waals surface area (Å²) < 4.78 is -2.38. The first-order valence-corrected chi connectivity index (χ1v) is 8.05. The molecule has 0 aliphatic carbocycles. The molecule has 0 aliphatic heterocycles. The molecule has 0 heterocycles. The molecule has 0 bridgehead atoms. The third kappa shape index (κ3) is 28.8. The summed E-state index contributed by atoms with van der Waals surface area (Å²) in [4.78, 5) is 0. The average Bonchev–Trinajstić information content (AvgIpc) is 0.722. The molecule has 0 atom stereocenters. The zero-order chi connectivity index (χ0) is 4.50. The van der Waals surface area contributed by atoms with E-state index in [4.69, 9.17) is 33.2 Å². The van der Waals surface area contributed by atoms with Crippen LogP contribution in [0.2, 0.25) is 0 Å². The van der Waals surface area contributed by atoms with Gasteiger partial charge < -0.3 is 0 Å². The van der Waals surface area contributed by atoms with Gasteiger partial charge in [-0.25, -0.2) is 0 Å². The van der Waals surface area contributed by atoms with Gasteiger partial charge in [0, 0.05) is 0 Å². The summed E-state index contributed by atoms with van der Waals surface area (Å²) in [5.74, 6) is 0. The Morgan fingerprint density at radius 1 is 1.20 bits per heavy atom. The molecule has 32 valence electrons. The Bertz CT molecular complexity index is 22.4. The van der Waals surface area contributed by atoms with Crippen LogP contribution < -0.4 is 0 Å². The van der Waals surface area contributed by atoms with Gasteiger partial charge in [-0.15, -0.1) is 33.2 Å². The molecule has 0 saturated heterocycles. The summed E-state index contributed by atoms with van der Waals surface area (Å²) in [6, 6.07) is 0. The largest absolute Gasteiger partial charge is 0.413 e. The summed E-state index contributed by atoms with van der Waals surface area (Å²) in [5, 5.41) is 0. The quantitative estimate of drug-likeness (QED) is 0.429. The van der Waals surface area contributed by atoms with Gasteiger partial charge in [0.15, 0.2) is 0 Å². The Hall–Kier alpha value is 1.57. The van der Waals surface area contributed by atoms with Gasteiger partial charge in [-0.3, -0.25) is 0 Å². The predicted molar refractivity (Wildman–Crippen MR) is 32.2 cm³/mol. The minimum atomic E-state index is -2.38. The van der Waals surface area contributed by atoms with E-state index >= 15 is 0 Å². The van der Waals surface area contributed by atoms with Crippen LogP contribution in [0.5, 0.6) is 0 Å². The van der Waals surface area contributed by atoms with Crippen molar-refractivity contribution in [2.75, 3.05) is 0 Å². The Morgan fingerprint density at radius 3 is 1.20 bits per heavy atom. The average molecular weight is 214 g/mol. The van der Waals surface area contributed by atoms with Crippen LogP contribution in [0.25, 0.3) is 0 Å². The lowest BCUT2D eigenvalue weighted by atomic mass is 27.7. The minimum absolute atomic E-state index is 2.38. The van der Waals surface area contributed by atoms with Crippen LogP contribution in [0.15, 0.2) is 0 Å². The molecule has 0 nitrogen and oxygen atoms in total. The first-order chi connectivity index (χ1) is 2.00. The highest BCUT2D eigenvalue weighted by molar-refractivity contribution is 9.30. The van der Waals surface area contributed by atoms with Crippen molar-refractivity contribution >= 4 is 53.2 Å². The maximum absolute atomic E-state index is 5.12. The second-order valence-corrected chi connectivity index (χ2v) is 15.8. The molecule has 5 heavy (non-hydrogen) atoms. The molecule has 0 aromatic carbocycles. The first-order valence-electron chi connectivity index (χ1n) is 0.756. The molecule has 0 radical (unpaired) electrons. The smallest absolute Gasteiger partial charge is 0.115 e. The highest BCUT2D eigenvalue weighted by Crippen LogP contribution is 2.25. The van der Waals surface area contributed by atoms with Crippen LogP contribution >= 0.6 is 48.5 Å². The molecule has 5 heteroatoms. The topological polar surface area (TPSA) is 0 Å². The van der Waals surface area contributed by atoms with E-state index in [2.05, 4.69) is 15.3 Å². The summed E-state index contributed by atoms with van der Waals surface area (Å²) in [6.07, 6.45) is 0. The van der Waals surface area contributed by atoms with Gasteiger partial charge in [0.05, 0.1) is 0 Å². The standard InChI is InChI=1S/BrCl3Si/c1-5(2,3)4. The van der Waals surface area contributed by atoms with Crippen molar-refractivity contribution < 1.29 is 0 Å². The van der Waals surface area contributed by atoms with Gasteiger partial charge in [-0.1, -0.05) is 15.3 Å². The van der Waals surface area contributed by atoms with E-state index in [1.807, 2.05) is 0 Å². The maximum Gasteiger partial charge on any atom is 0.413 e. The third-order valence-electron chi connectivity index (χ3n) is 0. The van der Waals surface area contributed by atoms with Crippen LogP contribution in [0, 0.1) is 0 Å². The Morgan fingerprint density at radius 2 is 1.20 bits per heavy atom. The zero-order valence-electron chi connectivity index (χ0n) is 2.01. The van der Waals surface area contributed by atoms with E-state index in [1.54, 1.807) is 0 Å². The van der Waals surface area contributed by atoms with E-state index < -0.39 is 4.62 Å². The van der Waals surface area contributed by atoms with Crippen molar-refractivity contribution in [2.24, 2.45) is 0 Å². The molecule has 0 saturated carbocycles. The van der Waals surface area contributed by atoms with Gasteiger partial charge in [0.25, 0.3) is 0 Å². The first kappa shape index (κ1) is 6.57. The van der Waals surface area contributed by atoms with E-state index in [9.17, 15) is 0 Å². The second-order valence-electron chi connectivity index (χ2n) is 0.429. The van der Waals surface area contributed by atoms with E-state index in [1.165, 1.54) is 0 Å². The molecule has 0 aromatic heterocycles. The molecule has 0 spiro atoms. The van der Waals surface area contributed by atoms with Crippen molar-refractivity contribution in [1.29, 1.82) is 0 Å². The fourth-order valence-corrected chi connectivity index (χ4v) is 0. The normalized spacial score (nSPS) is 12.0. The van der Waals surface area contributed by atoms with Crippen molar-refractivity contribution in [2.45, 2.75) is 0 Å². The third-order valence-corrected chi connectivity index (χ3v) is 0. The lowest BCUT2D eigenvalue weighted by Crippen LogP contribution is -1.90. The number of hydrogen-bond donors (Lipinski definition) is 0. The zero-order valence-corrected chi connectivity index (χ0v) is 6.87. The lowest BCUT2D eigenvalue weighted by Gasteiger charge is -1.86. The number of hydrogen-bond acceptors (Lipinski definition) is 0. The molecular formula is BrCl3Si. The fraction of sp³-hybridized carbons (Fsp3) is 0. The molecule has 0 aromatic rings. The molecule has 0 rings (SSSR count). The Balaban J connectivity index is 3.02. The predicted octanol–water partition coefficient (Wildman–Crippen LogP) is 2.53. The van der Waals surface area contributed by atoms with Crippen molar-refractivity contribution in [3.8, 4) is 0 Å². The molecule has 0 amide bonds. The highest BCUT2D eigenvalue weighted by atomic mass is 79.9. The van der Waals surface area contributed by atoms with Crippen molar-refractivity contribution in [3.63, 3.8) is 0 Å². The number of halogens is 4. The van der Waals surface area contributed by atoms with Crippen molar-refractivity contribution in [3.05, 3.63) is 0 Å². The van der Waals surface area contributed by atoms with Crippen LogP contribution in [-0.2, 0) is 0 Å². The van der Waals surface area contributed by atoms with Gasteiger partial charge in [0.2, 0.25) is 0 Å². The van der Waals surface area contributed by atoms with E-state index in [0.717, 1.165) is 0 Å². The van der Waals surface area contributed by atoms with Crippen LogP contribution in [0.1, 0.15) is 0 Å².